The van der Waals surface area contributed by atoms with E-state index in [9.17, 15) is 0 Å². The first-order chi connectivity index (χ1) is 7.74. The van der Waals surface area contributed by atoms with E-state index in [0.717, 1.165) is 38.5 Å². The van der Waals surface area contributed by atoms with Gasteiger partial charge in [-0.1, -0.05) is 13.8 Å². The molecule has 0 aliphatic heterocycles. The van der Waals surface area contributed by atoms with Gasteiger partial charge in [0.25, 0.3) is 0 Å². The summed E-state index contributed by atoms with van der Waals surface area (Å²) in [7, 11) is 0. The molecule has 3 heteroatoms. The van der Waals surface area contributed by atoms with E-state index in [1.54, 1.807) is 0 Å². The van der Waals surface area contributed by atoms with Crippen molar-refractivity contribution in [2.45, 2.75) is 33.2 Å². The maximum Gasteiger partial charge on any atom is 0.0645 e. The van der Waals surface area contributed by atoms with E-state index >= 15 is 0 Å². The summed E-state index contributed by atoms with van der Waals surface area (Å²) in [5.41, 5.74) is 6.85. The van der Waals surface area contributed by atoms with Crippen molar-refractivity contribution in [3.05, 3.63) is 24.0 Å². The summed E-state index contributed by atoms with van der Waals surface area (Å²) >= 11 is 0. The molecular formula is C13H24N2O. The molecule has 0 fully saturated rings. The summed E-state index contributed by atoms with van der Waals surface area (Å²) < 4.78 is 7.82. The molecule has 0 aliphatic carbocycles. The highest BCUT2D eigenvalue weighted by atomic mass is 16.5. The van der Waals surface area contributed by atoms with Crippen LogP contribution in [-0.2, 0) is 17.7 Å². The third-order valence-electron chi connectivity index (χ3n) is 2.64. The van der Waals surface area contributed by atoms with Gasteiger partial charge in [-0.2, -0.15) is 0 Å². The highest BCUT2D eigenvalue weighted by molar-refractivity contribution is 5.07. The molecule has 16 heavy (non-hydrogen) atoms. The van der Waals surface area contributed by atoms with Crippen molar-refractivity contribution in [2.75, 3.05) is 19.8 Å². The van der Waals surface area contributed by atoms with Gasteiger partial charge in [0.05, 0.1) is 6.61 Å². The topological polar surface area (TPSA) is 40.2 Å². The molecule has 0 unspecified atom stereocenters. The maximum atomic E-state index is 5.60. The van der Waals surface area contributed by atoms with Crippen LogP contribution in [0.4, 0.5) is 0 Å². The Kier molecular flexibility index (Phi) is 6.19. The van der Waals surface area contributed by atoms with E-state index in [0.29, 0.717) is 6.54 Å². The third kappa shape index (κ3) is 4.81. The summed E-state index contributed by atoms with van der Waals surface area (Å²) in [5.74, 6) is 0.722. The van der Waals surface area contributed by atoms with E-state index in [1.165, 1.54) is 5.69 Å². The van der Waals surface area contributed by atoms with Crippen molar-refractivity contribution < 1.29 is 4.74 Å². The number of rotatable bonds is 8. The smallest absolute Gasteiger partial charge is 0.0645 e. The van der Waals surface area contributed by atoms with E-state index in [-0.39, 0.29) is 0 Å². The Morgan fingerprint density at radius 2 is 2.19 bits per heavy atom. The highest BCUT2D eigenvalue weighted by Crippen LogP contribution is 2.03. The van der Waals surface area contributed by atoms with Crippen LogP contribution in [0.25, 0.3) is 0 Å². The Morgan fingerprint density at radius 1 is 1.38 bits per heavy atom. The van der Waals surface area contributed by atoms with Crippen LogP contribution in [0.15, 0.2) is 18.3 Å². The van der Waals surface area contributed by atoms with Gasteiger partial charge in [-0.3, -0.25) is 0 Å². The van der Waals surface area contributed by atoms with E-state index in [4.69, 9.17) is 10.5 Å². The first-order valence-electron chi connectivity index (χ1n) is 6.16. The molecule has 2 N–H and O–H groups in total. The van der Waals surface area contributed by atoms with Crippen molar-refractivity contribution in [3.8, 4) is 0 Å². The van der Waals surface area contributed by atoms with Gasteiger partial charge < -0.3 is 15.0 Å². The Morgan fingerprint density at radius 3 is 2.88 bits per heavy atom. The van der Waals surface area contributed by atoms with Crippen LogP contribution < -0.4 is 5.73 Å². The molecule has 0 aromatic carbocycles. The first kappa shape index (κ1) is 13.3. The molecule has 0 atom stereocenters. The molecule has 1 aromatic heterocycles. The maximum absolute atomic E-state index is 5.60. The predicted molar refractivity (Wildman–Crippen MR) is 67.5 cm³/mol. The molecule has 0 saturated carbocycles. The van der Waals surface area contributed by atoms with E-state index in [2.05, 4.69) is 36.7 Å². The predicted octanol–water partition coefficient (Wildman–Crippen LogP) is 2.05. The Bertz CT molecular complexity index is 281. The molecule has 1 rings (SSSR count). The molecule has 0 radical (unpaired) electrons. The molecular weight excluding hydrogens is 200 g/mol. The van der Waals surface area contributed by atoms with Crippen molar-refractivity contribution in [3.63, 3.8) is 0 Å². The van der Waals surface area contributed by atoms with Gasteiger partial charge in [-0.15, -0.1) is 0 Å². The lowest BCUT2D eigenvalue weighted by molar-refractivity contribution is 0.116. The fourth-order valence-electron chi connectivity index (χ4n) is 1.63. The minimum atomic E-state index is 0.707. The number of aromatic nitrogens is 1. The summed E-state index contributed by atoms with van der Waals surface area (Å²) in [6.45, 7) is 7.73. The first-order valence-corrected chi connectivity index (χ1v) is 6.16. The van der Waals surface area contributed by atoms with Crippen LogP contribution in [0.2, 0.25) is 0 Å². The number of nitrogens with two attached hydrogens (primary N) is 1. The standard InChI is InChI=1S/C13H24N2O/c1-12(2)6-10-16-11-9-15-8-3-4-13(15)5-7-14/h3-4,8,12H,5-7,9-11,14H2,1-2H3. The van der Waals surface area contributed by atoms with E-state index < -0.39 is 0 Å². The largest absolute Gasteiger partial charge is 0.380 e. The number of nitrogens with zero attached hydrogens (tertiary/aromatic N) is 1. The zero-order valence-electron chi connectivity index (χ0n) is 10.5. The molecule has 92 valence electrons. The van der Waals surface area contributed by atoms with Gasteiger partial charge in [0.15, 0.2) is 0 Å². The van der Waals surface area contributed by atoms with Crippen LogP contribution in [0.3, 0.4) is 0 Å². The molecule has 0 saturated heterocycles. The molecule has 0 amide bonds. The average Bonchev–Trinajstić information content (AvgIpc) is 2.65. The zero-order valence-corrected chi connectivity index (χ0v) is 10.5. The lowest BCUT2D eigenvalue weighted by Gasteiger charge is -2.10. The fraction of sp³-hybridized carbons (Fsp3) is 0.692. The van der Waals surface area contributed by atoms with Gasteiger partial charge in [0, 0.05) is 25.0 Å². The lowest BCUT2D eigenvalue weighted by Crippen LogP contribution is -2.12. The second-order valence-corrected chi connectivity index (χ2v) is 4.53. The van der Waals surface area contributed by atoms with Crippen LogP contribution in [0, 0.1) is 5.92 Å². The number of ether oxygens (including phenoxy) is 1. The summed E-state index contributed by atoms with van der Waals surface area (Å²) in [6.07, 6.45) is 4.18. The monoisotopic (exact) mass is 224 g/mol. The minimum absolute atomic E-state index is 0.707. The molecule has 0 aliphatic rings. The Hall–Kier alpha value is -0.800. The zero-order chi connectivity index (χ0) is 11.8. The van der Waals surface area contributed by atoms with Crippen molar-refractivity contribution in [2.24, 2.45) is 11.7 Å². The second kappa shape index (κ2) is 7.47. The fourth-order valence-corrected chi connectivity index (χ4v) is 1.63. The van der Waals surface area contributed by atoms with Gasteiger partial charge in [-0.05, 0) is 37.4 Å². The third-order valence-corrected chi connectivity index (χ3v) is 2.64. The summed E-state index contributed by atoms with van der Waals surface area (Å²) in [5, 5.41) is 0. The molecule has 1 heterocycles. The van der Waals surface area contributed by atoms with Crippen molar-refractivity contribution in [1.82, 2.24) is 4.57 Å². The van der Waals surface area contributed by atoms with Crippen molar-refractivity contribution >= 4 is 0 Å². The van der Waals surface area contributed by atoms with Gasteiger partial charge in [0.2, 0.25) is 0 Å². The van der Waals surface area contributed by atoms with Gasteiger partial charge >= 0.3 is 0 Å². The molecule has 0 bridgehead atoms. The van der Waals surface area contributed by atoms with Crippen LogP contribution >= 0.6 is 0 Å². The van der Waals surface area contributed by atoms with Gasteiger partial charge in [-0.25, -0.2) is 0 Å². The van der Waals surface area contributed by atoms with Crippen molar-refractivity contribution in [1.29, 1.82) is 0 Å². The SMILES string of the molecule is CC(C)CCOCCn1cccc1CCN. The van der Waals surface area contributed by atoms with Gasteiger partial charge in [0.1, 0.15) is 0 Å². The molecule has 1 aromatic rings. The normalized spacial score (nSPS) is 11.2. The van der Waals surface area contributed by atoms with E-state index in [1.807, 2.05) is 0 Å². The summed E-state index contributed by atoms with van der Waals surface area (Å²) in [4.78, 5) is 0. The van der Waals surface area contributed by atoms with Crippen LogP contribution in [0.1, 0.15) is 26.0 Å². The molecule has 0 spiro atoms. The summed E-state index contributed by atoms with van der Waals surface area (Å²) in [6, 6.07) is 4.19. The molecule has 3 nitrogen and oxygen atoms in total. The van der Waals surface area contributed by atoms with Crippen LogP contribution in [0.5, 0.6) is 0 Å². The Labute approximate surface area is 98.6 Å². The quantitative estimate of drug-likeness (QED) is 0.687. The second-order valence-electron chi connectivity index (χ2n) is 4.53. The van der Waals surface area contributed by atoms with Crippen LogP contribution in [-0.4, -0.2) is 24.3 Å². The number of hydrogen-bond donors (Lipinski definition) is 1. The average molecular weight is 224 g/mol. The number of hydrogen-bond acceptors (Lipinski definition) is 2. The highest BCUT2D eigenvalue weighted by Gasteiger charge is 1.99. The lowest BCUT2D eigenvalue weighted by atomic mass is 10.1. The Balaban J connectivity index is 2.18. The minimum Gasteiger partial charge on any atom is -0.380 e.